The van der Waals surface area contributed by atoms with Crippen LogP contribution in [0.1, 0.15) is 5.56 Å². The van der Waals surface area contributed by atoms with E-state index in [0.29, 0.717) is 5.75 Å². The van der Waals surface area contributed by atoms with Gasteiger partial charge >= 0.3 is 0 Å². The number of hydrogen-bond acceptors (Lipinski definition) is 2. The fourth-order valence-corrected chi connectivity index (χ4v) is 1.07. The second-order valence-electron chi connectivity index (χ2n) is 3.31. The summed E-state index contributed by atoms with van der Waals surface area (Å²) in [5, 5.41) is 8.63. The maximum absolute atomic E-state index is 12.5. The van der Waals surface area contributed by atoms with Gasteiger partial charge in [-0.05, 0) is 30.7 Å². The minimum Gasteiger partial charge on any atom is -0.508 e. The summed E-state index contributed by atoms with van der Waals surface area (Å²) in [6, 6.07) is 13.5. The summed E-state index contributed by atoms with van der Waals surface area (Å²) in [4.78, 5) is 0. The molecule has 0 bridgehead atoms. The maximum Gasteiger partial charge on any atom is 0.146 e. The zero-order valence-corrected chi connectivity index (χ0v) is 9.02. The monoisotopic (exact) mass is 219 g/mol. The van der Waals surface area contributed by atoms with Crippen molar-refractivity contribution in [2.45, 2.75) is 6.92 Å². The van der Waals surface area contributed by atoms with Gasteiger partial charge in [-0.25, -0.2) is 4.39 Å². The number of anilines is 1. The SMILES string of the molecule is Cc1cccc(F)c1N.Oc1ccccc1. The summed E-state index contributed by atoms with van der Waals surface area (Å²) >= 11 is 0. The van der Waals surface area contributed by atoms with Gasteiger partial charge in [0.15, 0.2) is 0 Å². The molecular weight excluding hydrogens is 205 g/mol. The van der Waals surface area contributed by atoms with Gasteiger partial charge in [-0.2, -0.15) is 0 Å². The van der Waals surface area contributed by atoms with Gasteiger partial charge in [-0.15, -0.1) is 0 Å². The Bertz CT molecular complexity index is 423. The molecule has 0 aliphatic rings. The molecule has 2 rings (SSSR count). The van der Waals surface area contributed by atoms with Crippen LogP contribution in [0.25, 0.3) is 0 Å². The molecule has 0 aromatic heterocycles. The predicted molar refractivity (Wildman–Crippen MR) is 63.7 cm³/mol. The number of hydrogen-bond donors (Lipinski definition) is 2. The summed E-state index contributed by atoms with van der Waals surface area (Å²) < 4.78 is 12.5. The Kier molecular flexibility index (Phi) is 4.33. The Labute approximate surface area is 94.2 Å². The van der Waals surface area contributed by atoms with E-state index >= 15 is 0 Å². The number of para-hydroxylation sites is 2. The largest absolute Gasteiger partial charge is 0.508 e. The first-order valence-electron chi connectivity index (χ1n) is 4.86. The van der Waals surface area contributed by atoms with Gasteiger partial charge in [0.1, 0.15) is 11.6 Å². The molecule has 0 fully saturated rings. The number of aryl methyl sites for hydroxylation is 1. The van der Waals surface area contributed by atoms with Crippen molar-refractivity contribution in [1.29, 1.82) is 0 Å². The van der Waals surface area contributed by atoms with E-state index in [2.05, 4.69) is 0 Å². The Morgan fingerprint density at radius 3 is 2.00 bits per heavy atom. The van der Waals surface area contributed by atoms with E-state index in [-0.39, 0.29) is 11.5 Å². The highest BCUT2D eigenvalue weighted by molar-refractivity contribution is 5.46. The van der Waals surface area contributed by atoms with Crippen LogP contribution in [0.2, 0.25) is 0 Å². The van der Waals surface area contributed by atoms with Gasteiger partial charge in [0.05, 0.1) is 5.69 Å². The van der Waals surface area contributed by atoms with Gasteiger partial charge in [-0.1, -0.05) is 30.3 Å². The van der Waals surface area contributed by atoms with Crippen molar-refractivity contribution in [1.82, 2.24) is 0 Å². The highest BCUT2D eigenvalue weighted by atomic mass is 19.1. The van der Waals surface area contributed by atoms with E-state index in [1.54, 1.807) is 43.3 Å². The molecule has 0 radical (unpaired) electrons. The molecule has 0 unspecified atom stereocenters. The second-order valence-corrected chi connectivity index (χ2v) is 3.31. The van der Waals surface area contributed by atoms with Crippen molar-refractivity contribution in [3.05, 3.63) is 59.9 Å². The van der Waals surface area contributed by atoms with Crippen molar-refractivity contribution in [3.8, 4) is 5.75 Å². The Morgan fingerprint density at radius 2 is 1.62 bits per heavy atom. The van der Waals surface area contributed by atoms with E-state index in [0.717, 1.165) is 5.56 Å². The highest BCUT2D eigenvalue weighted by Gasteiger charge is 1.96. The molecule has 0 aliphatic heterocycles. The number of halogens is 1. The van der Waals surface area contributed by atoms with E-state index in [9.17, 15) is 4.39 Å². The molecule has 2 aromatic carbocycles. The number of phenols is 1. The van der Waals surface area contributed by atoms with E-state index < -0.39 is 0 Å². The second kappa shape index (κ2) is 5.75. The van der Waals surface area contributed by atoms with Gasteiger partial charge in [0, 0.05) is 0 Å². The number of benzene rings is 2. The van der Waals surface area contributed by atoms with Crippen LogP contribution in [-0.4, -0.2) is 5.11 Å². The van der Waals surface area contributed by atoms with Crippen molar-refractivity contribution in [2.75, 3.05) is 5.73 Å². The lowest BCUT2D eigenvalue weighted by atomic mass is 10.2. The summed E-state index contributed by atoms with van der Waals surface area (Å²) in [5.41, 5.74) is 6.34. The number of aromatic hydroxyl groups is 1. The first-order chi connectivity index (χ1) is 7.61. The Balaban J connectivity index is 0.000000165. The minimum absolute atomic E-state index is 0.248. The van der Waals surface area contributed by atoms with Gasteiger partial charge in [-0.3, -0.25) is 0 Å². The minimum atomic E-state index is -0.338. The molecule has 0 aliphatic carbocycles. The van der Waals surface area contributed by atoms with E-state index in [4.69, 9.17) is 10.8 Å². The molecule has 2 nitrogen and oxygen atoms in total. The molecule has 0 saturated carbocycles. The van der Waals surface area contributed by atoms with Crippen LogP contribution in [0.5, 0.6) is 5.75 Å². The van der Waals surface area contributed by atoms with Crippen LogP contribution < -0.4 is 5.73 Å². The highest BCUT2D eigenvalue weighted by Crippen LogP contribution is 2.13. The number of phenolic OH excluding ortho intramolecular Hbond substituents is 1. The molecule has 16 heavy (non-hydrogen) atoms. The summed E-state index contributed by atoms with van der Waals surface area (Å²) in [5.74, 6) is -0.0162. The molecular formula is C13H14FNO. The van der Waals surface area contributed by atoms with Gasteiger partial charge in [0.2, 0.25) is 0 Å². The number of rotatable bonds is 0. The average Bonchev–Trinajstić information content (AvgIpc) is 2.28. The zero-order chi connectivity index (χ0) is 12.0. The Hall–Kier alpha value is -2.03. The van der Waals surface area contributed by atoms with Crippen molar-refractivity contribution in [3.63, 3.8) is 0 Å². The van der Waals surface area contributed by atoms with E-state index in [1.807, 2.05) is 6.07 Å². The van der Waals surface area contributed by atoms with Crippen LogP contribution in [0, 0.1) is 12.7 Å². The first-order valence-corrected chi connectivity index (χ1v) is 4.86. The molecule has 2 aromatic rings. The first kappa shape index (κ1) is 12.0. The molecule has 0 heterocycles. The lowest BCUT2D eigenvalue weighted by Gasteiger charge is -1.97. The van der Waals surface area contributed by atoms with Crippen LogP contribution in [0.15, 0.2) is 48.5 Å². The predicted octanol–water partition coefficient (Wildman–Crippen LogP) is 3.11. The van der Waals surface area contributed by atoms with Crippen molar-refractivity contribution in [2.24, 2.45) is 0 Å². The molecule has 84 valence electrons. The lowest BCUT2D eigenvalue weighted by Crippen LogP contribution is -1.92. The summed E-state index contributed by atoms with van der Waals surface area (Å²) in [7, 11) is 0. The fraction of sp³-hybridized carbons (Fsp3) is 0.0769. The number of nitrogen functional groups attached to an aromatic ring is 1. The summed E-state index contributed by atoms with van der Waals surface area (Å²) in [6.07, 6.45) is 0. The molecule has 3 heteroatoms. The lowest BCUT2D eigenvalue weighted by molar-refractivity contribution is 0.475. The van der Waals surface area contributed by atoms with Gasteiger partial charge < -0.3 is 10.8 Å². The van der Waals surface area contributed by atoms with Crippen LogP contribution in [0.3, 0.4) is 0 Å². The smallest absolute Gasteiger partial charge is 0.146 e. The average molecular weight is 219 g/mol. The standard InChI is InChI=1S/C7H8FN.C6H6O/c1-5-3-2-4-6(8)7(5)9;7-6-4-2-1-3-5-6/h2-4H,9H2,1H3;1-5,7H. The third kappa shape index (κ3) is 3.61. The van der Waals surface area contributed by atoms with Crippen LogP contribution >= 0.6 is 0 Å². The third-order valence-electron chi connectivity index (χ3n) is 2.03. The molecule has 0 atom stereocenters. The molecule has 0 saturated heterocycles. The van der Waals surface area contributed by atoms with Crippen molar-refractivity contribution >= 4 is 5.69 Å². The maximum atomic E-state index is 12.5. The number of nitrogens with two attached hydrogens (primary N) is 1. The van der Waals surface area contributed by atoms with Gasteiger partial charge in [0.25, 0.3) is 0 Å². The third-order valence-corrected chi connectivity index (χ3v) is 2.03. The van der Waals surface area contributed by atoms with Crippen LogP contribution in [-0.2, 0) is 0 Å². The molecule has 0 amide bonds. The van der Waals surface area contributed by atoms with E-state index in [1.165, 1.54) is 6.07 Å². The normalized spacial score (nSPS) is 9.12. The Morgan fingerprint density at radius 1 is 1.00 bits per heavy atom. The molecule has 0 spiro atoms. The summed E-state index contributed by atoms with van der Waals surface area (Å²) in [6.45, 7) is 1.78. The zero-order valence-electron chi connectivity index (χ0n) is 9.02. The van der Waals surface area contributed by atoms with Crippen molar-refractivity contribution < 1.29 is 9.50 Å². The quantitative estimate of drug-likeness (QED) is 0.669. The molecule has 3 N–H and O–H groups in total. The van der Waals surface area contributed by atoms with Crippen LogP contribution in [0.4, 0.5) is 10.1 Å². The fourth-order valence-electron chi connectivity index (χ4n) is 1.07. The topological polar surface area (TPSA) is 46.2 Å².